The molecule has 2 bridgehead atoms. The molecule has 0 radical (unpaired) electrons. The Hall–Kier alpha value is -3.30. The largest absolute Gasteiger partial charge is 0.451 e. The lowest BCUT2D eigenvalue weighted by atomic mass is 10.1. The molecule has 1 N–H and O–H groups in total. The number of halogens is 3. The highest BCUT2D eigenvalue weighted by Crippen LogP contribution is 2.32. The molecule has 1 aromatic carbocycles. The molecule has 3 aromatic rings. The van der Waals surface area contributed by atoms with E-state index >= 15 is 0 Å². The van der Waals surface area contributed by atoms with Gasteiger partial charge in [-0.1, -0.05) is 0 Å². The van der Waals surface area contributed by atoms with Crippen LogP contribution in [0.3, 0.4) is 0 Å². The lowest BCUT2D eigenvalue weighted by Gasteiger charge is -2.22. The van der Waals surface area contributed by atoms with Gasteiger partial charge < -0.3 is 14.8 Å². The van der Waals surface area contributed by atoms with Crippen LogP contribution in [0.4, 0.5) is 19.0 Å². The number of nitrogens with zero attached hydrogens (tertiary/aromatic N) is 3. The summed E-state index contributed by atoms with van der Waals surface area (Å²) in [5.74, 6) is -1.51. The third-order valence-corrected chi connectivity index (χ3v) is 4.02. The van der Waals surface area contributed by atoms with Gasteiger partial charge in [-0.2, -0.15) is 13.9 Å². The summed E-state index contributed by atoms with van der Waals surface area (Å²) in [6.45, 7) is 0.325. The first-order valence-electron chi connectivity index (χ1n) is 7.97. The zero-order valence-electron chi connectivity index (χ0n) is 13.9. The molecule has 7 nitrogen and oxygen atoms in total. The van der Waals surface area contributed by atoms with E-state index in [1.165, 1.54) is 10.7 Å². The standard InChI is InChI=1S/C17H13F3N4O3/c1-9-11-6-10(18)2-3-13(11)27-17(19,20)8-26-16(25)12-7-21-24-5-4-14(22-9)23-15(12)24/h2-7,9H,8H2,1H3,(H,22,23). The van der Waals surface area contributed by atoms with Crippen LogP contribution in [0.5, 0.6) is 5.75 Å². The fourth-order valence-corrected chi connectivity index (χ4v) is 2.76. The molecule has 0 amide bonds. The fraction of sp³-hybridized carbons (Fsp3) is 0.235. The van der Waals surface area contributed by atoms with Gasteiger partial charge in [0.15, 0.2) is 12.3 Å². The van der Waals surface area contributed by atoms with Gasteiger partial charge in [-0.15, -0.1) is 0 Å². The maximum atomic E-state index is 14.2. The number of nitrogens with one attached hydrogen (secondary N) is 1. The van der Waals surface area contributed by atoms with E-state index in [4.69, 9.17) is 4.74 Å². The van der Waals surface area contributed by atoms with E-state index in [0.717, 1.165) is 18.2 Å². The number of benzene rings is 1. The normalized spacial score (nSPS) is 19.1. The molecule has 2 aromatic heterocycles. The van der Waals surface area contributed by atoms with Crippen LogP contribution in [0.2, 0.25) is 0 Å². The van der Waals surface area contributed by atoms with Crippen molar-refractivity contribution < 1.29 is 27.4 Å². The molecule has 1 unspecified atom stereocenters. The third kappa shape index (κ3) is 3.25. The maximum absolute atomic E-state index is 14.2. The van der Waals surface area contributed by atoms with Crippen molar-refractivity contribution >= 4 is 17.4 Å². The molecule has 10 heteroatoms. The number of aromatic nitrogens is 3. The predicted octanol–water partition coefficient (Wildman–Crippen LogP) is 3.18. The molecular weight excluding hydrogens is 365 g/mol. The van der Waals surface area contributed by atoms with Crippen LogP contribution in [0.15, 0.2) is 36.7 Å². The second-order valence-corrected chi connectivity index (χ2v) is 6.00. The van der Waals surface area contributed by atoms with Crippen molar-refractivity contribution in [3.63, 3.8) is 0 Å². The topological polar surface area (TPSA) is 77.8 Å². The fourth-order valence-electron chi connectivity index (χ4n) is 2.76. The summed E-state index contributed by atoms with van der Waals surface area (Å²) in [5.41, 5.74) is 0.237. The van der Waals surface area contributed by atoms with Gasteiger partial charge in [0.25, 0.3) is 0 Å². The minimum atomic E-state index is -3.81. The van der Waals surface area contributed by atoms with E-state index in [0.29, 0.717) is 5.82 Å². The van der Waals surface area contributed by atoms with Crippen LogP contribution in [0.25, 0.3) is 5.65 Å². The third-order valence-electron chi connectivity index (χ3n) is 4.02. The first kappa shape index (κ1) is 17.1. The Balaban J connectivity index is 1.84. The number of hydrogen-bond acceptors (Lipinski definition) is 6. The molecule has 0 fully saturated rings. The summed E-state index contributed by atoms with van der Waals surface area (Å²) in [4.78, 5) is 16.4. The Morgan fingerprint density at radius 1 is 1.33 bits per heavy atom. The number of rotatable bonds is 0. The van der Waals surface area contributed by atoms with E-state index in [2.05, 4.69) is 20.1 Å². The second-order valence-electron chi connectivity index (χ2n) is 6.00. The van der Waals surface area contributed by atoms with Gasteiger partial charge in [-0.3, -0.25) is 0 Å². The second kappa shape index (κ2) is 6.15. The molecule has 1 atom stereocenters. The number of carbonyl (C=O) groups excluding carboxylic acids is 1. The highest BCUT2D eigenvalue weighted by atomic mass is 19.3. The summed E-state index contributed by atoms with van der Waals surface area (Å²) in [7, 11) is 0. The van der Waals surface area contributed by atoms with Gasteiger partial charge in [0.2, 0.25) is 0 Å². The SMILES string of the molecule is CC1Nc2ccn3ncc(c3n2)C(=O)OCC(F)(F)Oc2ccc(F)cc21. The van der Waals surface area contributed by atoms with E-state index in [-0.39, 0.29) is 22.5 Å². The van der Waals surface area contributed by atoms with Crippen molar-refractivity contribution in [1.82, 2.24) is 14.6 Å². The number of carbonyl (C=O) groups is 1. The zero-order chi connectivity index (χ0) is 19.2. The number of ether oxygens (including phenoxy) is 2. The van der Waals surface area contributed by atoms with E-state index in [9.17, 15) is 18.0 Å². The number of fused-ring (bicyclic) bond motifs is 2. The first-order chi connectivity index (χ1) is 12.8. The van der Waals surface area contributed by atoms with Crippen molar-refractivity contribution in [2.45, 2.75) is 19.1 Å². The predicted molar refractivity (Wildman–Crippen MR) is 87.3 cm³/mol. The number of cyclic esters (lactones) is 1. The van der Waals surface area contributed by atoms with Crippen LogP contribution >= 0.6 is 0 Å². The summed E-state index contributed by atoms with van der Waals surface area (Å²) in [6.07, 6.45) is -1.08. The Morgan fingerprint density at radius 2 is 2.15 bits per heavy atom. The van der Waals surface area contributed by atoms with Crippen molar-refractivity contribution in [1.29, 1.82) is 0 Å². The average molecular weight is 378 g/mol. The monoisotopic (exact) mass is 378 g/mol. The number of hydrogen-bond donors (Lipinski definition) is 1. The van der Waals surface area contributed by atoms with E-state index < -0.39 is 30.5 Å². The highest BCUT2D eigenvalue weighted by molar-refractivity contribution is 5.95. The Morgan fingerprint density at radius 3 is 2.96 bits per heavy atom. The van der Waals surface area contributed by atoms with Gasteiger partial charge in [0.05, 0.1) is 12.2 Å². The molecule has 0 aliphatic carbocycles. The first-order valence-corrected chi connectivity index (χ1v) is 7.97. The number of alkyl halides is 2. The lowest BCUT2D eigenvalue weighted by Crippen LogP contribution is -2.32. The van der Waals surface area contributed by atoms with Crippen molar-refractivity contribution in [2.24, 2.45) is 0 Å². The van der Waals surface area contributed by atoms with Crippen LogP contribution in [0.1, 0.15) is 28.9 Å². The minimum absolute atomic E-state index is 0.0649. The number of esters is 1. The lowest BCUT2D eigenvalue weighted by molar-refractivity contribution is -0.201. The van der Waals surface area contributed by atoms with Crippen LogP contribution in [0, 0.1) is 5.82 Å². The highest BCUT2D eigenvalue weighted by Gasteiger charge is 2.36. The van der Waals surface area contributed by atoms with Crippen molar-refractivity contribution in [3.05, 3.63) is 53.6 Å². The Kier molecular flexibility index (Phi) is 3.90. The maximum Gasteiger partial charge on any atom is 0.433 e. The van der Waals surface area contributed by atoms with Gasteiger partial charge >= 0.3 is 12.1 Å². The van der Waals surface area contributed by atoms with Crippen LogP contribution in [-0.2, 0) is 4.74 Å². The molecule has 0 saturated carbocycles. The van der Waals surface area contributed by atoms with E-state index in [1.807, 2.05) is 0 Å². The van der Waals surface area contributed by atoms with E-state index in [1.54, 1.807) is 19.2 Å². The molecule has 140 valence electrons. The average Bonchev–Trinajstić information content (AvgIpc) is 3.03. The van der Waals surface area contributed by atoms with Gasteiger partial charge in [-0.05, 0) is 31.2 Å². The van der Waals surface area contributed by atoms with Crippen molar-refractivity contribution in [3.8, 4) is 5.75 Å². The Labute approximate surface area is 150 Å². The molecule has 0 spiro atoms. The van der Waals surface area contributed by atoms with Gasteiger partial charge in [0, 0.05) is 11.8 Å². The quantitative estimate of drug-likeness (QED) is 0.606. The molecule has 4 rings (SSSR count). The van der Waals surface area contributed by atoms with Crippen molar-refractivity contribution in [2.75, 3.05) is 11.9 Å². The summed E-state index contributed by atoms with van der Waals surface area (Å²) in [6, 6.07) is 4.17. The molecule has 0 saturated heterocycles. The Bertz CT molecular complexity index is 1040. The van der Waals surface area contributed by atoms with Crippen LogP contribution in [-0.4, -0.2) is 33.3 Å². The summed E-state index contributed by atoms with van der Waals surface area (Å²) in [5, 5.41) is 6.93. The molecular formula is C17H13F3N4O3. The molecule has 1 aliphatic heterocycles. The minimum Gasteiger partial charge on any atom is -0.451 e. The molecule has 27 heavy (non-hydrogen) atoms. The van der Waals surface area contributed by atoms with Gasteiger partial charge in [-0.25, -0.2) is 18.7 Å². The van der Waals surface area contributed by atoms with Crippen LogP contribution < -0.4 is 10.1 Å². The molecule has 1 aliphatic rings. The van der Waals surface area contributed by atoms with Gasteiger partial charge in [0.1, 0.15) is 22.9 Å². The summed E-state index contributed by atoms with van der Waals surface area (Å²) < 4.78 is 52.7. The number of anilines is 1. The molecule has 3 heterocycles. The zero-order valence-corrected chi connectivity index (χ0v) is 13.9. The smallest absolute Gasteiger partial charge is 0.433 e. The summed E-state index contributed by atoms with van der Waals surface area (Å²) >= 11 is 0.